The summed E-state index contributed by atoms with van der Waals surface area (Å²) in [6, 6.07) is 10.5. The van der Waals surface area contributed by atoms with Crippen molar-refractivity contribution in [3.63, 3.8) is 0 Å². The molecule has 0 N–H and O–H groups in total. The molecule has 1 aliphatic rings. The molecule has 0 fully saturated rings. The molecule has 10 heteroatoms. The minimum atomic E-state index is -0.734. The summed E-state index contributed by atoms with van der Waals surface area (Å²) < 4.78 is 0. The van der Waals surface area contributed by atoms with Crippen LogP contribution in [0.4, 0.5) is 5.95 Å². The minimum Gasteiger partial charge on any atom is -0.384 e. The molecule has 1 unspecified atom stereocenters. The molecule has 1 aliphatic heterocycles. The summed E-state index contributed by atoms with van der Waals surface area (Å²) in [6.07, 6.45) is 3.27. The fraction of sp³-hybridized carbons (Fsp3) is 0.240. The van der Waals surface area contributed by atoms with Crippen LogP contribution < -0.4 is 4.90 Å². The maximum Gasteiger partial charge on any atom is 0.267 e. The second kappa shape index (κ2) is 9.93. The Morgan fingerprint density at radius 1 is 1.03 bits per heavy atom. The molecular weight excluding hydrogens is 511 g/mol. The fourth-order valence-electron chi connectivity index (χ4n) is 3.81. The number of hydrogen-bond donors (Lipinski definition) is 0. The average molecular weight is 532 g/mol. The van der Waals surface area contributed by atoms with E-state index in [0.717, 1.165) is 16.0 Å². The van der Waals surface area contributed by atoms with E-state index in [0.29, 0.717) is 38.3 Å². The van der Waals surface area contributed by atoms with Crippen molar-refractivity contribution in [2.45, 2.75) is 39.2 Å². The Morgan fingerprint density at radius 3 is 2.29 bits per heavy atom. The molecule has 1 aromatic heterocycles. The van der Waals surface area contributed by atoms with Crippen molar-refractivity contribution in [1.82, 2.24) is 9.97 Å². The van der Waals surface area contributed by atoms with Gasteiger partial charge in [-0.15, -0.1) is 0 Å². The van der Waals surface area contributed by atoms with Crippen LogP contribution in [0.3, 0.4) is 0 Å². The first-order valence-electron chi connectivity index (χ1n) is 10.8. The fourth-order valence-corrected chi connectivity index (χ4v) is 4.43. The van der Waals surface area contributed by atoms with Crippen molar-refractivity contribution in [3.05, 3.63) is 86.1 Å². The number of hydrogen-bond acceptors (Lipinski definition) is 6. The van der Waals surface area contributed by atoms with Gasteiger partial charge in [-0.3, -0.25) is 9.59 Å². The van der Waals surface area contributed by atoms with Gasteiger partial charge < -0.3 is 4.84 Å². The zero-order chi connectivity index (χ0) is 25.3. The Balaban J connectivity index is 1.60. The zero-order valence-electron chi connectivity index (χ0n) is 19.2. The first kappa shape index (κ1) is 25.1. The highest BCUT2D eigenvalue weighted by Crippen LogP contribution is 2.38. The number of amides is 2. The van der Waals surface area contributed by atoms with Gasteiger partial charge in [-0.05, 0) is 55.3 Å². The van der Waals surface area contributed by atoms with Crippen molar-refractivity contribution >= 4 is 58.3 Å². The summed E-state index contributed by atoms with van der Waals surface area (Å²) >= 11 is 18.2. The quantitative estimate of drug-likeness (QED) is 0.382. The summed E-state index contributed by atoms with van der Waals surface area (Å²) in [6.45, 7) is 5.37. The molecule has 180 valence electrons. The standard InChI is InChI=1S/C25H21Cl3N4O3/c1-4-22(33)32(24-29-12-19(28)13-30-24)23(34)20-6-5-15(7-14(20)2)21-11-25(3,35-31-21)16-8-17(26)10-18(27)9-16/h5-10,12-13H,4,11H2,1-3H3. The molecule has 4 rings (SSSR count). The monoisotopic (exact) mass is 530 g/mol. The molecular formula is C25H21Cl3N4O3. The molecule has 0 spiro atoms. The Bertz CT molecular complexity index is 1320. The van der Waals surface area contributed by atoms with Gasteiger partial charge in [0.05, 0.1) is 23.1 Å². The highest BCUT2D eigenvalue weighted by atomic mass is 35.5. The lowest BCUT2D eigenvalue weighted by Gasteiger charge is -2.22. The first-order valence-corrected chi connectivity index (χ1v) is 11.9. The van der Waals surface area contributed by atoms with E-state index in [1.807, 2.05) is 13.0 Å². The third-order valence-corrected chi connectivity index (χ3v) is 6.32. The Hall–Kier alpha value is -3.00. The number of carbonyl (C=O) groups is 2. The molecule has 0 bridgehead atoms. The van der Waals surface area contributed by atoms with Crippen LogP contribution in [-0.4, -0.2) is 27.5 Å². The number of imide groups is 1. The molecule has 0 saturated carbocycles. The molecule has 0 aliphatic carbocycles. The summed E-state index contributed by atoms with van der Waals surface area (Å²) in [5.41, 5.74) is 2.60. The number of halogens is 3. The zero-order valence-corrected chi connectivity index (χ0v) is 21.4. The van der Waals surface area contributed by atoms with Crippen LogP contribution in [0.5, 0.6) is 0 Å². The van der Waals surface area contributed by atoms with E-state index < -0.39 is 17.4 Å². The van der Waals surface area contributed by atoms with E-state index in [1.54, 1.807) is 44.2 Å². The number of benzene rings is 2. The highest BCUT2D eigenvalue weighted by molar-refractivity contribution is 6.34. The highest BCUT2D eigenvalue weighted by Gasteiger charge is 2.37. The SMILES string of the molecule is CCC(=O)N(C(=O)c1ccc(C2=NOC(C)(c3cc(Cl)cc(Cl)c3)C2)cc1C)c1ncc(Cl)cn1. The molecule has 2 heterocycles. The topological polar surface area (TPSA) is 84.8 Å². The van der Waals surface area contributed by atoms with Gasteiger partial charge in [0.1, 0.15) is 0 Å². The lowest BCUT2D eigenvalue weighted by atomic mass is 9.88. The van der Waals surface area contributed by atoms with Gasteiger partial charge in [0.2, 0.25) is 11.9 Å². The first-order chi connectivity index (χ1) is 16.6. The minimum absolute atomic E-state index is 0.0285. The third kappa shape index (κ3) is 5.17. The van der Waals surface area contributed by atoms with E-state index in [4.69, 9.17) is 39.6 Å². The maximum absolute atomic E-state index is 13.3. The lowest BCUT2D eigenvalue weighted by molar-refractivity contribution is -0.117. The lowest BCUT2D eigenvalue weighted by Crippen LogP contribution is -2.38. The van der Waals surface area contributed by atoms with Gasteiger partial charge in [-0.2, -0.15) is 0 Å². The number of aromatic nitrogens is 2. The number of nitrogens with zero attached hydrogens (tertiary/aromatic N) is 4. The van der Waals surface area contributed by atoms with Crippen LogP contribution in [0.15, 0.2) is 53.9 Å². The summed E-state index contributed by atoms with van der Waals surface area (Å²) in [5, 5.41) is 5.62. The molecule has 2 amide bonds. The average Bonchev–Trinajstić information content (AvgIpc) is 3.23. The Morgan fingerprint density at radius 2 is 1.69 bits per heavy atom. The second-order valence-electron chi connectivity index (χ2n) is 8.31. The van der Waals surface area contributed by atoms with E-state index in [2.05, 4.69) is 15.1 Å². The van der Waals surface area contributed by atoms with Crippen LogP contribution in [0, 0.1) is 6.92 Å². The van der Waals surface area contributed by atoms with Gasteiger partial charge in [0.25, 0.3) is 5.91 Å². The number of oxime groups is 1. The molecule has 0 radical (unpaired) electrons. The van der Waals surface area contributed by atoms with Crippen LogP contribution >= 0.6 is 34.8 Å². The predicted molar refractivity (Wildman–Crippen MR) is 136 cm³/mol. The summed E-state index contributed by atoms with van der Waals surface area (Å²) in [7, 11) is 0. The molecule has 7 nitrogen and oxygen atoms in total. The van der Waals surface area contributed by atoms with Crippen LogP contribution in [0.25, 0.3) is 0 Å². The van der Waals surface area contributed by atoms with Crippen LogP contribution in [-0.2, 0) is 15.2 Å². The molecule has 35 heavy (non-hydrogen) atoms. The molecule has 0 saturated heterocycles. The van der Waals surface area contributed by atoms with Crippen LogP contribution in [0.1, 0.15) is 53.7 Å². The summed E-state index contributed by atoms with van der Waals surface area (Å²) in [5.74, 6) is -0.976. The van der Waals surface area contributed by atoms with Gasteiger partial charge in [0, 0.05) is 34.0 Å². The van der Waals surface area contributed by atoms with Gasteiger partial charge in [-0.1, -0.05) is 52.9 Å². The van der Waals surface area contributed by atoms with E-state index in [-0.39, 0.29) is 12.4 Å². The van der Waals surface area contributed by atoms with Crippen molar-refractivity contribution in [2.24, 2.45) is 5.16 Å². The van der Waals surface area contributed by atoms with Crippen molar-refractivity contribution in [1.29, 1.82) is 0 Å². The normalized spacial score (nSPS) is 17.0. The van der Waals surface area contributed by atoms with Gasteiger partial charge in [-0.25, -0.2) is 14.9 Å². The largest absolute Gasteiger partial charge is 0.384 e. The predicted octanol–water partition coefficient (Wildman–Crippen LogP) is 6.37. The number of aryl methyl sites for hydroxylation is 1. The Kier molecular flexibility index (Phi) is 7.12. The Labute approximate surface area is 217 Å². The summed E-state index contributed by atoms with van der Waals surface area (Å²) in [4.78, 5) is 40.8. The number of anilines is 1. The smallest absolute Gasteiger partial charge is 0.267 e. The molecule has 3 aromatic rings. The van der Waals surface area contributed by atoms with Crippen molar-refractivity contribution in [3.8, 4) is 0 Å². The molecule has 1 atom stereocenters. The second-order valence-corrected chi connectivity index (χ2v) is 9.62. The van der Waals surface area contributed by atoms with E-state index in [9.17, 15) is 9.59 Å². The van der Waals surface area contributed by atoms with Gasteiger partial charge >= 0.3 is 0 Å². The maximum atomic E-state index is 13.3. The number of carbonyl (C=O) groups excluding carboxylic acids is 2. The van der Waals surface area contributed by atoms with E-state index in [1.165, 1.54) is 12.4 Å². The molecule has 2 aromatic carbocycles. The van der Waals surface area contributed by atoms with E-state index >= 15 is 0 Å². The van der Waals surface area contributed by atoms with Crippen LogP contribution in [0.2, 0.25) is 15.1 Å². The van der Waals surface area contributed by atoms with Crippen molar-refractivity contribution < 1.29 is 14.4 Å². The third-order valence-electron chi connectivity index (χ3n) is 5.69. The van der Waals surface area contributed by atoms with Gasteiger partial charge in [0.15, 0.2) is 5.60 Å². The number of rotatable bonds is 5. The van der Waals surface area contributed by atoms with Crippen molar-refractivity contribution in [2.75, 3.05) is 4.90 Å².